The molecule has 2 aromatic carbocycles. The van der Waals surface area contributed by atoms with E-state index in [1.165, 1.54) is 4.31 Å². The lowest BCUT2D eigenvalue weighted by atomic mass is 10.0. The van der Waals surface area contributed by atoms with Crippen LogP contribution in [0.5, 0.6) is 0 Å². The lowest BCUT2D eigenvalue weighted by molar-refractivity contribution is 0.0972. The fourth-order valence-corrected chi connectivity index (χ4v) is 10.5. The largest absolute Gasteiger partial charge is 0.446 e. The number of carbonyl (C=O) groups is 2. The number of nitrogens with zero attached hydrogens (tertiary/aromatic N) is 3. The van der Waals surface area contributed by atoms with Gasteiger partial charge < -0.3 is 30.7 Å². The Morgan fingerprint density at radius 1 is 0.754 bits per heavy atom. The fraction of sp³-hybridized carbons (Fsp3) is 0.512. The van der Waals surface area contributed by atoms with Gasteiger partial charge in [-0.15, -0.1) is 0 Å². The molecule has 4 atom stereocenters. The summed E-state index contributed by atoms with van der Waals surface area (Å²) in [6.45, 7) is 7.93. The van der Waals surface area contributed by atoms with E-state index >= 15 is 0 Å². The molecule has 1 unspecified atom stereocenters. The van der Waals surface area contributed by atoms with E-state index in [-0.39, 0.29) is 59.8 Å². The third-order valence-corrected chi connectivity index (χ3v) is 14.3. The summed E-state index contributed by atoms with van der Waals surface area (Å²) in [7, 11) is -4.96. The zero-order chi connectivity index (χ0) is 43.5. The van der Waals surface area contributed by atoms with Gasteiger partial charge in [0.15, 0.2) is 11.6 Å². The topological polar surface area (TPSA) is 242 Å². The third-order valence-electron chi connectivity index (χ3n) is 11.2. The summed E-state index contributed by atoms with van der Waals surface area (Å²) in [4.78, 5) is 23.6. The predicted octanol–water partition coefficient (Wildman–Crippen LogP) is 6.42. The Hall–Kier alpha value is -5.34. The summed E-state index contributed by atoms with van der Waals surface area (Å²) < 4.78 is 63.3. The summed E-state index contributed by atoms with van der Waals surface area (Å²) in [6.07, 6.45) is 4.51. The fourth-order valence-electron chi connectivity index (χ4n) is 8.18. The molecule has 18 nitrogen and oxygen atoms in total. The molecule has 2 aliphatic heterocycles. The maximum absolute atomic E-state index is 12.2. The summed E-state index contributed by atoms with van der Waals surface area (Å²) in [6, 6.07) is 15.3. The van der Waals surface area contributed by atoms with Gasteiger partial charge in [0.2, 0.25) is 20.0 Å². The number of sulfonamides is 2. The highest BCUT2D eigenvalue weighted by Crippen LogP contribution is 2.39. The Kier molecular flexibility index (Phi) is 13.1. The molecule has 61 heavy (non-hydrogen) atoms. The highest BCUT2D eigenvalue weighted by molar-refractivity contribution is 7.92. The molecular formula is C41H56N10O8S2. The molecular weight excluding hydrogens is 825 g/mol. The quantitative estimate of drug-likeness (QED) is 0.0913. The number of aromatic nitrogens is 4. The van der Waals surface area contributed by atoms with E-state index in [9.17, 15) is 26.4 Å². The van der Waals surface area contributed by atoms with E-state index in [0.717, 1.165) is 72.3 Å². The van der Waals surface area contributed by atoms with Crippen molar-refractivity contribution in [3.8, 4) is 0 Å². The van der Waals surface area contributed by atoms with Crippen LogP contribution in [0.2, 0.25) is 0 Å². The lowest BCUT2D eigenvalue weighted by Gasteiger charge is -2.26. The van der Waals surface area contributed by atoms with Crippen molar-refractivity contribution in [1.29, 1.82) is 0 Å². The van der Waals surface area contributed by atoms with Crippen molar-refractivity contribution in [3.63, 3.8) is 0 Å². The number of benzene rings is 2. The number of hydrogen-bond acceptors (Lipinski definition) is 12. The number of para-hydroxylation sites is 1. The first-order valence-corrected chi connectivity index (χ1v) is 24.0. The Bertz CT molecular complexity index is 2430. The van der Waals surface area contributed by atoms with E-state index < -0.39 is 20.0 Å². The van der Waals surface area contributed by atoms with Crippen molar-refractivity contribution in [1.82, 2.24) is 35.3 Å². The average Bonchev–Trinajstić information content (AvgIpc) is 4.01. The molecule has 330 valence electrons. The molecule has 0 saturated heterocycles. The second-order valence-electron chi connectivity index (χ2n) is 16.8. The first-order chi connectivity index (χ1) is 29.0. The van der Waals surface area contributed by atoms with Crippen LogP contribution >= 0.6 is 0 Å². The number of fused-ring (bicyclic) bond motifs is 2. The molecule has 20 heteroatoms. The van der Waals surface area contributed by atoms with Crippen LogP contribution in [0.1, 0.15) is 106 Å². The smallest absolute Gasteiger partial charge is 0.407 e. The number of anilines is 5. The van der Waals surface area contributed by atoms with Gasteiger partial charge in [-0.1, -0.05) is 24.3 Å². The van der Waals surface area contributed by atoms with Gasteiger partial charge in [0.25, 0.3) is 0 Å². The van der Waals surface area contributed by atoms with Crippen LogP contribution in [-0.4, -0.2) is 90.8 Å². The van der Waals surface area contributed by atoms with Gasteiger partial charge in [-0.05, 0) is 101 Å². The number of alkyl carbamates (subject to hydrolysis) is 2. The van der Waals surface area contributed by atoms with E-state index in [1.54, 1.807) is 7.05 Å². The SMILES string of the molecule is CC(C)NC(=O)OC1CC[C@H](c2cc(Nc3cccc4c3NS(=O)(=O)CC4)n[nH]2)C1.CC(C)NC(=O)O[C@@H]1CC[C@H](c2cc(Nc3cccc4c3CN(C)S(=O)(=O)C4)n[nH]2)C1. The highest BCUT2D eigenvalue weighted by atomic mass is 32.2. The molecule has 0 spiro atoms. The van der Waals surface area contributed by atoms with Crippen molar-refractivity contribution in [2.24, 2.45) is 0 Å². The Balaban J connectivity index is 0.000000184. The first kappa shape index (κ1) is 43.7. The van der Waals surface area contributed by atoms with Crippen LogP contribution in [0, 0.1) is 0 Å². The van der Waals surface area contributed by atoms with Gasteiger partial charge in [0, 0.05) is 66.7 Å². The number of aryl methyl sites for hydroxylation is 1. The summed E-state index contributed by atoms with van der Waals surface area (Å²) in [5.41, 5.74) is 6.83. The molecule has 2 fully saturated rings. The van der Waals surface area contributed by atoms with Gasteiger partial charge in [-0.2, -0.15) is 10.2 Å². The standard InChI is InChI=1S/C21H29N5O4S.C20H27N5O4S/c1-13(2)22-21(27)30-16-8-7-14(9-16)19-10-20(25-24-19)23-18-6-4-5-15-12-31(28,29)26(3)11-17(15)18;1-12(2)21-20(26)29-15-7-6-14(10-15)17-11-18(24-23-17)22-16-5-3-4-13-8-9-30(27,28)25-19(13)16/h4-6,10,13-14,16H,7-9,11-12H2,1-3H3,(H,22,27)(H2,23,24,25);3-5,11-12,14-15,25H,6-10H2,1-2H3,(H,21,26)(H2,22,23,24)/t14-,16+;14-,15?/m00/s1. The third kappa shape index (κ3) is 11.1. The molecule has 7 N–H and O–H groups in total. The molecule has 4 heterocycles. The predicted molar refractivity (Wildman–Crippen MR) is 232 cm³/mol. The number of aromatic amines is 2. The number of H-pyrrole nitrogens is 2. The number of hydrogen-bond donors (Lipinski definition) is 7. The first-order valence-electron chi connectivity index (χ1n) is 20.8. The van der Waals surface area contributed by atoms with Gasteiger partial charge in [-0.3, -0.25) is 14.9 Å². The van der Waals surface area contributed by atoms with Gasteiger partial charge >= 0.3 is 12.2 Å². The number of ether oxygens (including phenoxy) is 2. The normalized spacial score (nSPS) is 22.5. The van der Waals surface area contributed by atoms with Crippen LogP contribution in [0.25, 0.3) is 0 Å². The van der Waals surface area contributed by atoms with E-state index in [2.05, 4.69) is 46.4 Å². The number of nitrogens with one attached hydrogen (secondary N) is 7. The minimum absolute atomic E-state index is 0.00795. The van der Waals surface area contributed by atoms with Crippen LogP contribution in [-0.2, 0) is 48.2 Å². The zero-order valence-corrected chi connectivity index (χ0v) is 36.7. The summed E-state index contributed by atoms with van der Waals surface area (Å²) in [5, 5.41) is 26.9. The second-order valence-corrected chi connectivity index (χ2v) is 20.7. The number of amides is 2. The van der Waals surface area contributed by atoms with Gasteiger partial charge in [0.05, 0.1) is 22.9 Å². The zero-order valence-electron chi connectivity index (χ0n) is 35.1. The van der Waals surface area contributed by atoms with E-state index in [0.29, 0.717) is 36.0 Å². The van der Waals surface area contributed by atoms with Crippen molar-refractivity contribution < 1.29 is 35.9 Å². The van der Waals surface area contributed by atoms with Crippen LogP contribution in [0.3, 0.4) is 0 Å². The molecule has 8 rings (SSSR count). The van der Waals surface area contributed by atoms with Crippen molar-refractivity contribution in [2.75, 3.05) is 28.2 Å². The lowest BCUT2D eigenvalue weighted by Crippen LogP contribution is -2.33. The minimum Gasteiger partial charge on any atom is -0.446 e. The van der Waals surface area contributed by atoms with Crippen molar-refractivity contribution in [3.05, 3.63) is 76.6 Å². The van der Waals surface area contributed by atoms with E-state index in [4.69, 9.17) is 9.47 Å². The van der Waals surface area contributed by atoms with Crippen molar-refractivity contribution >= 4 is 60.9 Å². The maximum atomic E-state index is 12.2. The number of carbonyl (C=O) groups excluding carboxylic acids is 2. The molecule has 2 saturated carbocycles. The molecule has 2 amide bonds. The summed E-state index contributed by atoms with van der Waals surface area (Å²) in [5.74, 6) is 1.88. The van der Waals surface area contributed by atoms with Crippen LogP contribution in [0.4, 0.5) is 38.3 Å². The Morgan fingerprint density at radius 2 is 1.28 bits per heavy atom. The van der Waals surface area contributed by atoms with Crippen LogP contribution in [0.15, 0.2) is 48.5 Å². The van der Waals surface area contributed by atoms with Gasteiger partial charge in [-0.25, -0.2) is 30.7 Å². The van der Waals surface area contributed by atoms with Crippen LogP contribution < -0.4 is 26.0 Å². The highest BCUT2D eigenvalue weighted by Gasteiger charge is 2.32. The number of rotatable bonds is 10. The average molecular weight is 881 g/mol. The Labute approximate surface area is 356 Å². The summed E-state index contributed by atoms with van der Waals surface area (Å²) >= 11 is 0. The van der Waals surface area contributed by atoms with E-state index in [1.807, 2.05) is 76.2 Å². The second kappa shape index (κ2) is 18.3. The monoisotopic (exact) mass is 880 g/mol. The molecule has 2 aliphatic carbocycles. The Morgan fingerprint density at radius 3 is 1.84 bits per heavy atom. The van der Waals surface area contributed by atoms with Gasteiger partial charge in [0.1, 0.15) is 12.2 Å². The molecule has 2 aromatic heterocycles. The molecule has 4 aromatic rings. The molecule has 4 aliphatic rings. The maximum Gasteiger partial charge on any atom is 0.407 e. The molecule has 0 bridgehead atoms. The van der Waals surface area contributed by atoms with Crippen molar-refractivity contribution in [2.45, 2.75) is 121 Å². The molecule has 0 radical (unpaired) electrons. The minimum atomic E-state index is -3.31.